The molecular formula is C19H22FN3O. The Labute approximate surface area is 141 Å². The van der Waals surface area contributed by atoms with Gasteiger partial charge in [-0.1, -0.05) is 13.0 Å². The van der Waals surface area contributed by atoms with Crippen LogP contribution in [0.4, 0.5) is 4.39 Å². The summed E-state index contributed by atoms with van der Waals surface area (Å²) in [7, 11) is 0. The van der Waals surface area contributed by atoms with Crippen molar-refractivity contribution >= 4 is 0 Å². The summed E-state index contributed by atoms with van der Waals surface area (Å²) in [6.07, 6.45) is 7.29. The summed E-state index contributed by atoms with van der Waals surface area (Å²) in [5, 5.41) is 6.77. The summed E-state index contributed by atoms with van der Waals surface area (Å²) < 4.78 is 19.9. The molecule has 0 saturated carbocycles. The molecule has 0 saturated heterocycles. The van der Waals surface area contributed by atoms with Crippen LogP contribution >= 0.6 is 0 Å². The molecule has 2 unspecified atom stereocenters. The quantitative estimate of drug-likeness (QED) is 0.831. The van der Waals surface area contributed by atoms with Crippen LogP contribution < -0.4 is 15.4 Å². The van der Waals surface area contributed by atoms with Crippen molar-refractivity contribution in [3.05, 3.63) is 66.0 Å². The first-order chi connectivity index (χ1) is 11.7. The van der Waals surface area contributed by atoms with E-state index in [0.717, 1.165) is 24.1 Å². The minimum atomic E-state index is -0.380. The Balaban J connectivity index is 1.66. The summed E-state index contributed by atoms with van der Waals surface area (Å²) in [5.74, 6) is 0.338. The molecule has 24 heavy (non-hydrogen) atoms. The average Bonchev–Trinajstić information content (AvgIpc) is 3.05. The lowest BCUT2D eigenvalue weighted by molar-refractivity contribution is 0.439. The number of halogens is 1. The van der Waals surface area contributed by atoms with E-state index in [4.69, 9.17) is 4.74 Å². The molecule has 3 rings (SSSR count). The van der Waals surface area contributed by atoms with Crippen molar-refractivity contribution in [2.45, 2.75) is 38.8 Å². The van der Waals surface area contributed by atoms with E-state index in [9.17, 15) is 4.39 Å². The van der Waals surface area contributed by atoms with Crippen LogP contribution in [0, 0.1) is 5.82 Å². The van der Waals surface area contributed by atoms with Gasteiger partial charge in [-0.05, 0) is 43.2 Å². The zero-order chi connectivity index (χ0) is 16.9. The second-order valence-electron chi connectivity index (χ2n) is 5.99. The van der Waals surface area contributed by atoms with Gasteiger partial charge in [0.25, 0.3) is 0 Å². The van der Waals surface area contributed by atoms with Gasteiger partial charge in [0.2, 0.25) is 0 Å². The van der Waals surface area contributed by atoms with Crippen LogP contribution in [0.25, 0.3) is 0 Å². The first-order valence-electron chi connectivity index (χ1n) is 8.24. The van der Waals surface area contributed by atoms with Crippen molar-refractivity contribution in [3.63, 3.8) is 0 Å². The SMILES string of the molecule is CCC1CC(NC(C)c2ccc(Oc3cccnc3)c(F)c2)=CN1. The fraction of sp³-hybridized carbons (Fsp3) is 0.316. The molecule has 2 atom stereocenters. The molecule has 2 N–H and O–H groups in total. The highest BCUT2D eigenvalue weighted by atomic mass is 19.1. The Bertz CT molecular complexity index is 718. The maximum absolute atomic E-state index is 14.3. The summed E-state index contributed by atoms with van der Waals surface area (Å²) in [6.45, 7) is 4.19. The Hall–Kier alpha value is -2.56. The standard InChI is InChI=1S/C19H22FN3O/c1-3-15-10-16(11-22-15)23-13(2)14-6-7-19(18(20)9-14)24-17-5-4-8-21-12-17/h4-9,11-13,15,22-23H,3,10H2,1-2H3. The molecule has 1 aliphatic rings. The van der Waals surface area contributed by atoms with Crippen LogP contribution in [0.1, 0.15) is 38.3 Å². The zero-order valence-electron chi connectivity index (χ0n) is 13.9. The monoisotopic (exact) mass is 327 g/mol. The van der Waals surface area contributed by atoms with Crippen LogP contribution in [0.2, 0.25) is 0 Å². The van der Waals surface area contributed by atoms with Crippen LogP contribution in [0.3, 0.4) is 0 Å². The topological polar surface area (TPSA) is 46.2 Å². The average molecular weight is 327 g/mol. The minimum absolute atomic E-state index is 0.0237. The van der Waals surface area contributed by atoms with Crippen molar-refractivity contribution < 1.29 is 9.13 Å². The third kappa shape index (κ3) is 3.85. The van der Waals surface area contributed by atoms with E-state index in [1.54, 1.807) is 30.6 Å². The van der Waals surface area contributed by atoms with E-state index in [0.29, 0.717) is 11.8 Å². The highest BCUT2D eigenvalue weighted by Gasteiger charge is 2.17. The number of nitrogens with one attached hydrogen (secondary N) is 2. The molecular weight excluding hydrogens is 305 g/mol. The van der Waals surface area contributed by atoms with Gasteiger partial charge >= 0.3 is 0 Å². The number of nitrogens with zero attached hydrogens (tertiary/aromatic N) is 1. The van der Waals surface area contributed by atoms with Gasteiger partial charge in [-0.3, -0.25) is 4.98 Å². The van der Waals surface area contributed by atoms with Crippen LogP contribution in [-0.4, -0.2) is 11.0 Å². The lowest BCUT2D eigenvalue weighted by Crippen LogP contribution is -2.20. The second-order valence-corrected chi connectivity index (χ2v) is 5.99. The maximum atomic E-state index is 14.3. The Morgan fingerprint density at radius 3 is 2.96 bits per heavy atom. The van der Waals surface area contributed by atoms with E-state index in [1.807, 2.05) is 19.2 Å². The molecule has 4 nitrogen and oxygen atoms in total. The fourth-order valence-electron chi connectivity index (χ4n) is 2.73. The van der Waals surface area contributed by atoms with E-state index in [1.165, 1.54) is 6.07 Å². The van der Waals surface area contributed by atoms with E-state index in [-0.39, 0.29) is 17.6 Å². The second kappa shape index (κ2) is 7.34. The van der Waals surface area contributed by atoms with E-state index >= 15 is 0 Å². The predicted molar refractivity (Wildman–Crippen MR) is 92.2 cm³/mol. The Kier molecular flexibility index (Phi) is 4.99. The summed E-state index contributed by atoms with van der Waals surface area (Å²) in [5.41, 5.74) is 2.04. The maximum Gasteiger partial charge on any atom is 0.166 e. The lowest BCUT2D eigenvalue weighted by atomic mass is 10.1. The van der Waals surface area contributed by atoms with Crippen LogP contribution in [0.5, 0.6) is 11.5 Å². The molecule has 0 aliphatic carbocycles. The minimum Gasteiger partial charge on any atom is -0.453 e. The molecule has 2 aromatic rings. The largest absolute Gasteiger partial charge is 0.453 e. The molecule has 5 heteroatoms. The summed E-state index contributed by atoms with van der Waals surface area (Å²) >= 11 is 0. The van der Waals surface area contributed by atoms with Crippen molar-refractivity contribution in [2.75, 3.05) is 0 Å². The highest BCUT2D eigenvalue weighted by molar-refractivity contribution is 5.34. The number of hydrogen-bond donors (Lipinski definition) is 2. The van der Waals surface area contributed by atoms with Crippen molar-refractivity contribution in [1.82, 2.24) is 15.6 Å². The molecule has 1 aromatic heterocycles. The molecule has 126 valence electrons. The molecule has 0 fully saturated rings. The number of benzene rings is 1. The third-order valence-electron chi connectivity index (χ3n) is 4.17. The van der Waals surface area contributed by atoms with E-state index < -0.39 is 0 Å². The van der Waals surface area contributed by atoms with Gasteiger partial charge in [0.05, 0.1) is 6.20 Å². The van der Waals surface area contributed by atoms with Gasteiger partial charge in [-0.25, -0.2) is 4.39 Å². The molecule has 1 aliphatic heterocycles. The molecule has 0 spiro atoms. The number of ether oxygens (including phenoxy) is 1. The molecule has 1 aromatic carbocycles. The van der Waals surface area contributed by atoms with Crippen molar-refractivity contribution in [2.24, 2.45) is 0 Å². The van der Waals surface area contributed by atoms with Gasteiger partial charge < -0.3 is 15.4 Å². The number of rotatable bonds is 6. The third-order valence-corrected chi connectivity index (χ3v) is 4.17. The van der Waals surface area contributed by atoms with Gasteiger partial charge in [-0.2, -0.15) is 0 Å². The first-order valence-corrected chi connectivity index (χ1v) is 8.24. The number of hydrogen-bond acceptors (Lipinski definition) is 4. The fourth-order valence-corrected chi connectivity index (χ4v) is 2.73. The normalized spacial score (nSPS) is 17.8. The zero-order valence-corrected chi connectivity index (χ0v) is 13.9. The van der Waals surface area contributed by atoms with Crippen LogP contribution in [0.15, 0.2) is 54.6 Å². The van der Waals surface area contributed by atoms with Gasteiger partial charge in [0.1, 0.15) is 5.75 Å². The molecule has 0 bridgehead atoms. The first kappa shape index (κ1) is 16.3. The van der Waals surface area contributed by atoms with Gasteiger partial charge in [-0.15, -0.1) is 0 Å². The Morgan fingerprint density at radius 2 is 2.29 bits per heavy atom. The summed E-state index contributed by atoms with van der Waals surface area (Å²) in [4.78, 5) is 3.96. The summed E-state index contributed by atoms with van der Waals surface area (Å²) in [6, 6.07) is 9.07. The highest BCUT2D eigenvalue weighted by Crippen LogP contribution is 2.27. The molecule has 0 amide bonds. The van der Waals surface area contributed by atoms with Gasteiger partial charge in [0, 0.05) is 36.6 Å². The van der Waals surface area contributed by atoms with Crippen LogP contribution in [-0.2, 0) is 0 Å². The van der Waals surface area contributed by atoms with Crippen molar-refractivity contribution in [1.29, 1.82) is 0 Å². The smallest absolute Gasteiger partial charge is 0.166 e. The number of aromatic nitrogens is 1. The molecule has 0 radical (unpaired) electrons. The van der Waals surface area contributed by atoms with Gasteiger partial charge in [0.15, 0.2) is 11.6 Å². The molecule has 2 heterocycles. The number of pyridine rings is 1. The van der Waals surface area contributed by atoms with E-state index in [2.05, 4.69) is 22.5 Å². The van der Waals surface area contributed by atoms with Crippen molar-refractivity contribution in [3.8, 4) is 11.5 Å². The predicted octanol–water partition coefficient (Wildman–Crippen LogP) is 4.28. The lowest BCUT2D eigenvalue weighted by Gasteiger charge is -2.17. The Morgan fingerprint density at radius 1 is 1.42 bits per heavy atom.